The Morgan fingerprint density at radius 2 is 0.770 bits per heavy atom. The Bertz CT molecular complexity index is 1590. The molecule has 61 heavy (non-hydrogen) atoms. The van der Waals surface area contributed by atoms with Crippen LogP contribution in [0.4, 0.5) is 0 Å². The van der Waals surface area contributed by atoms with Gasteiger partial charge in [-0.3, -0.25) is 52.7 Å². The van der Waals surface area contributed by atoms with Crippen LogP contribution in [0.1, 0.15) is 81.1 Å². The lowest BCUT2D eigenvalue weighted by atomic mass is 9.98. The molecular formula is C37H63N9O15. The second kappa shape index (κ2) is 27.2. The third kappa shape index (κ3) is 19.9. The fourth-order valence-electron chi connectivity index (χ4n) is 5.48. The second-order valence-corrected chi connectivity index (χ2v) is 15.3. The van der Waals surface area contributed by atoms with Crippen LogP contribution in [-0.4, -0.2) is 153 Å². The molecule has 0 rings (SSSR count). The second-order valence-electron chi connectivity index (χ2n) is 15.3. The van der Waals surface area contributed by atoms with Gasteiger partial charge in [0, 0.05) is 19.8 Å². The molecule has 8 atom stereocenters. The number of aliphatic carboxylic acids is 2. The first kappa shape index (κ1) is 55.2. The molecule has 0 aliphatic heterocycles. The van der Waals surface area contributed by atoms with E-state index in [1.54, 1.807) is 27.7 Å². The first-order valence-electron chi connectivity index (χ1n) is 19.6. The van der Waals surface area contributed by atoms with Gasteiger partial charge in [0.2, 0.25) is 47.3 Å². The summed E-state index contributed by atoms with van der Waals surface area (Å²) < 4.78 is 0. The number of aliphatic hydroxyl groups is 2. The van der Waals surface area contributed by atoms with Gasteiger partial charge in [0.25, 0.3) is 0 Å². The maximum atomic E-state index is 13.5. The minimum atomic E-state index is -1.72. The van der Waals surface area contributed by atoms with Crippen LogP contribution in [0.25, 0.3) is 0 Å². The topological polar surface area (TPSA) is 391 Å². The Morgan fingerprint density at radius 3 is 1.11 bits per heavy atom. The van der Waals surface area contributed by atoms with Crippen molar-refractivity contribution in [1.82, 2.24) is 42.5 Å². The highest BCUT2D eigenvalue weighted by Crippen LogP contribution is 2.10. The molecule has 24 nitrogen and oxygen atoms in total. The van der Waals surface area contributed by atoms with E-state index in [-0.39, 0.29) is 0 Å². The number of hydrogen-bond donors (Lipinski definition) is 13. The molecule has 0 fully saturated rings. The summed E-state index contributed by atoms with van der Waals surface area (Å²) in [4.78, 5) is 139. The largest absolute Gasteiger partial charge is 0.481 e. The van der Waals surface area contributed by atoms with Gasteiger partial charge in [0.05, 0.1) is 25.8 Å². The van der Waals surface area contributed by atoms with Crippen molar-refractivity contribution in [2.45, 2.75) is 129 Å². The molecule has 0 saturated heterocycles. The summed E-state index contributed by atoms with van der Waals surface area (Å²) in [5.74, 6) is -12.4. The molecule has 0 bridgehead atoms. The van der Waals surface area contributed by atoms with E-state index in [1.165, 1.54) is 20.8 Å². The highest BCUT2D eigenvalue weighted by Gasteiger charge is 2.35. The number of rotatable bonds is 28. The Labute approximate surface area is 353 Å². The highest BCUT2D eigenvalue weighted by atomic mass is 16.4. The number of carbonyl (C=O) groups is 11. The fourth-order valence-corrected chi connectivity index (χ4v) is 5.48. The first-order valence-corrected chi connectivity index (χ1v) is 19.6. The summed E-state index contributed by atoms with van der Waals surface area (Å²) in [5.41, 5.74) is 5.44. The SMILES string of the molecule is CC(=O)N[C@@H](CO)C(=O)N[C@H](C(=O)N[C@@H](CCC(=O)O)C(=O)N[C@H](C(=O)N[C@@H](CO)C(=O)N[C@@H](C)C(=O)N[C@@H](CCC(=O)O)C(=O)N[C@H](C(=O)CN)C(C)C)C(C)C)C(C)C. The number of nitrogens with two attached hydrogens (primary N) is 1. The number of carboxylic acids is 2. The van der Waals surface area contributed by atoms with E-state index in [0.717, 1.165) is 6.92 Å². The molecule has 24 heteroatoms. The van der Waals surface area contributed by atoms with E-state index in [4.69, 9.17) is 5.73 Å². The standard InChI is InChI=1S/C37H63N9O15/c1-16(2)28(25(50)13-38)44-32(56)21(9-11-26(51)52)41-31(55)19(7)39-34(58)24(15-48)43-37(61)30(18(5)6)45-33(57)22(10-12-27(53)54)42-36(60)29(17(3)4)46-35(59)23(14-47)40-20(8)49/h16-19,21-24,28-30,47-48H,9-15,38H2,1-8H3,(H,39,58)(H,40,49)(H,41,55)(H,42,60)(H,43,61)(H,44,56)(H,45,57)(H,46,59)(H,51,52)(H,53,54)/t19-,21-,22-,23-,24-,28-,29-,30-/m0/s1. The molecular weight excluding hydrogens is 810 g/mol. The Balaban J connectivity index is 6.05. The van der Waals surface area contributed by atoms with Crippen LogP contribution in [-0.2, 0) is 52.7 Å². The lowest BCUT2D eigenvalue weighted by Gasteiger charge is -2.29. The van der Waals surface area contributed by atoms with Crippen LogP contribution in [0.2, 0.25) is 0 Å². The van der Waals surface area contributed by atoms with Crippen molar-refractivity contribution in [3.8, 4) is 0 Å². The molecule has 0 radical (unpaired) electrons. The molecule has 14 N–H and O–H groups in total. The van der Waals surface area contributed by atoms with Gasteiger partial charge in [-0.2, -0.15) is 0 Å². The van der Waals surface area contributed by atoms with E-state index in [1.807, 2.05) is 0 Å². The molecule has 0 aromatic rings. The lowest BCUT2D eigenvalue weighted by molar-refractivity contribution is -0.139. The first-order chi connectivity index (χ1) is 28.3. The third-order valence-electron chi connectivity index (χ3n) is 9.01. The Hall–Kier alpha value is -5.75. The van der Waals surface area contributed by atoms with E-state index < -0.39 is 177 Å². The maximum absolute atomic E-state index is 13.5. The zero-order chi connectivity index (χ0) is 47.3. The molecule has 8 amide bonds. The molecule has 346 valence electrons. The molecule has 0 aliphatic rings. The van der Waals surface area contributed by atoms with E-state index in [0.29, 0.717) is 0 Å². The number of hydrogen-bond acceptors (Lipinski definition) is 14. The van der Waals surface area contributed by atoms with Crippen molar-refractivity contribution in [1.29, 1.82) is 0 Å². The fraction of sp³-hybridized carbons (Fsp3) is 0.703. The molecule has 0 heterocycles. The summed E-state index contributed by atoms with van der Waals surface area (Å²) in [6.45, 7) is 9.44. The van der Waals surface area contributed by atoms with Crippen molar-refractivity contribution in [2.75, 3.05) is 19.8 Å². The number of nitrogens with one attached hydrogen (secondary N) is 8. The van der Waals surface area contributed by atoms with Crippen molar-refractivity contribution in [3.63, 3.8) is 0 Å². The minimum Gasteiger partial charge on any atom is -0.481 e. The molecule has 0 spiro atoms. The van der Waals surface area contributed by atoms with Gasteiger partial charge in [-0.05, 0) is 37.5 Å². The number of ketones is 1. The molecule has 0 saturated carbocycles. The van der Waals surface area contributed by atoms with Gasteiger partial charge in [-0.1, -0.05) is 41.5 Å². The smallest absolute Gasteiger partial charge is 0.303 e. The van der Waals surface area contributed by atoms with Crippen molar-refractivity contribution in [3.05, 3.63) is 0 Å². The van der Waals surface area contributed by atoms with Gasteiger partial charge < -0.3 is 68.7 Å². The Morgan fingerprint density at radius 1 is 0.443 bits per heavy atom. The predicted molar refractivity (Wildman–Crippen MR) is 213 cm³/mol. The van der Waals surface area contributed by atoms with Crippen molar-refractivity contribution in [2.24, 2.45) is 23.5 Å². The van der Waals surface area contributed by atoms with Crippen LogP contribution in [0, 0.1) is 17.8 Å². The summed E-state index contributed by atoms with van der Waals surface area (Å²) in [6.07, 6.45) is -2.05. The predicted octanol–water partition coefficient (Wildman–Crippen LogP) is -4.89. The number of aliphatic hydroxyl groups excluding tert-OH is 2. The number of carbonyl (C=O) groups excluding carboxylic acids is 9. The van der Waals surface area contributed by atoms with E-state index in [9.17, 15) is 73.2 Å². The van der Waals surface area contributed by atoms with Gasteiger partial charge in [-0.25, -0.2) is 0 Å². The van der Waals surface area contributed by atoms with Crippen molar-refractivity contribution < 1.29 is 73.2 Å². The molecule has 0 aromatic heterocycles. The maximum Gasteiger partial charge on any atom is 0.303 e. The van der Waals surface area contributed by atoms with Crippen LogP contribution < -0.4 is 48.3 Å². The summed E-state index contributed by atoms with van der Waals surface area (Å²) in [7, 11) is 0. The van der Waals surface area contributed by atoms with E-state index >= 15 is 0 Å². The molecule has 0 unspecified atom stereocenters. The number of amides is 8. The average molecular weight is 874 g/mol. The van der Waals surface area contributed by atoms with Crippen molar-refractivity contribution >= 4 is 65.0 Å². The zero-order valence-electron chi connectivity index (χ0n) is 35.7. The summed E-state index contributed by atoms with van der Waals surface area (Å²) >= 11 is 0. The number of carboxylic acid groups (broad SMARTS) is 2. The van der Waals surface area contributed by atoms with Crippen LogP contribution in [0.3, 0.4) is 0 Å². The Kier molecular flexibility index (Phi) is 24.6. The quantitative estimate of drug-likeness (QED) is 0.0350. The minimum absolute atomic E-state index is 0.394. The zero-order valence-corrected chi connectivity index (χ0v) is 35.7. The average Bonchev–Trinajstić information content (AvgIpc) is 3.17. The monoisotopic (exact) mass is 873 g/mol. The third-order valence-corrected chi connectivity index (χ3v) is 9.01. The molecule has 0 aromatic carbocycles. The summed E-state index contributed by atoms with van der Waals surface area (Å²) in [5, 5.41) is 56.7. The van der Waals surface area contributed by atoms with Crippen LogP contribution >= 0.6 is 0 Å². The lowest BCUT2D eigenvalue weighted by Crippen LogP contribution is -2.61. The van der Waals surface area contributed by atoms with Gasteiger partial charge in [0.15, 0.2) is 5.78 Å². The van der Waals surface area contributed by atoms with Gasteiger partial charge in [0.1, 0.15) is 42.3 Å². The normalized spacial score (nSPS) is 15.0. The highest BCUT2D eigenvalue weighted by molar-refractivity contribution is 5.98. The molecule has 0 aliphatic carbocycles. The van der Waals surface area contributed by atoms with Crippen LogP contribution in [0.15, 0.2) is 0 Å². The summed E-state index contributed by atoms with van der Waals surface area (Å²) in [6, 6.07) is -11.5. The van der Waals surface area contributed by atoms with Gasteiger partial charge in [-0.15, -0.1) is 0 Å². The number of Topliss-reactive ketones (excluding diaryl/α,β-unsaturated/α-hetero) is 1. The van der Waals surface area contributed by atoms with E-state index in [2.05, 4.69) is 42.5 Å². The van der Waals surface area contributed by atoms with Crippen LogP contribution in [0.5, 0.6) is 0 Å². The van der Waals surface area contributed by atoms with Gasteiger partial charge >= 0.3 is 11.9 Å².